The van der Waals surface area contributed by atoms with Crippen LogP contribution in [0, 0.1) is 11.6 Å². The number of nitrogens with zero attached hydrogens (tertiary/aromatic N) is 3. The molecule has 1 saturated heterocycles. The van der Waals surface area contributed by atoms with Crippen LogP contribution in [0.5, 0.6) is 0 Å². The van der Waals surface area contributed by atoms with E-state index < -0.39 is 29.7 Å². The Morgan fingerprint density at radius 2 is 1.84 bits per heavy atom. The number of hydrogen-bond acceptors (Lipinski definition) is 8. The smallest absolute Gasteiger partial charge is 0.404 e. The molecule has 0 radical (unpaired) electrons. The van der Waals surface area contributed by atoms with E-state index in [-0.39, 0.29) is 35.2 Å². The minimum atomic E-state index is -1.24. The van der Waals surface area contributed by atoms with Gasteiger partial charge in [-0.3, -0.25) is 4.79 Å². The van der Waals surface area contributed by atoms with Crippen molar-refractivity contribution in [3.05, 3.63) is 71.4 Å². The third kappa shape index (κ3) is 6.82. The minimum Gasteiger partial charge on any atom is -0.465 e. The highest BCUT2D eigenvalue weighted by Gasteiger charge is 2.21. The fourth-order valence-electron chi connectivity index (χ4n) is 3.99. The number of ether oxygens (including phenoxy) is 1. The van der Waals surface area contributed by atoms with Crippen molar-refractivity contribution >= 4 is 35.1 Å². The number of amides is 2. The predicted octanol–water partition coefficient (Wildman–Crippen LogP) is 2.72. The van der Waals surface area contributed by atoms with Gasteiger partial charge in [0.2, 0.25) is 0 Å². The maximum absolute atomic E-state index is 15.0. The van der Waals surface area contributed by atoms with Crippen LogP contribution in [0.2, 0.25) is 0 Å². The molecule has 4 rings (SSSR count). The predicted molar refractivity (Wildman–Crippen MR) is 137 cm³/mol. The fourth-order valence-corrected chi connectivity index (χ4v) is 3.99. The Morgan fingerprint density at radius 3 is 2.50 bits per heavy atom. The summed E-state index contributed by atoms with van der Waals surface area (Å²) in [4.78, 5) is 33.2. The Morgan fingerprint density at radius 1 is 1.11 bits per heavy atom. The van der Waals surface area contributed by atoms with E-state index in [1.54, 1.807) is 4.90 Å². The van der Waals surface area contributed by atoms with Crippen LogP contribution in [-0.4, -0.2) is 66.0 Å². The third-order valence-corrected chi connectivity index (χ3v) is 5.80. The van der Waals surface area contributed by atoms with Gasteiger partial charge in [-0.2, -0.15) is 0 Å². The lowest BCUT2D eigenvalue weighted by atomic mass is 10.1. The van der Waals surface area contributed by atoms with E-state index in [0.717, 1.165) is 11.6 Å². The highest BCUT2D eigenvalue weighted by molar-refractivity contribution is 5.98. The van der Waals surface area contributed by atoms with Crippen LogP contribution in [0.15, 0.2) is 48.7 Å². The number of rotatable bonds is 10. The van der Waals surface area contributed by atoms with Crippen LogP contribution >= 0.6 is 0 Å². The number of pyridine rings is 2. The van der Waals surface area contributed by atoms with Crippen molar-refractivity contribution in [2.45, 2.75) is 12.5 Å². The highest BCUT2D eigenvalue weighted by atomic mass is 19.1. The lowest BCUT2D eigenvalue weighted by Crippen LogP contribution is -2.37. The average molecular weight is 528 g/mol. The number of nitrogens with one attached hydrogen (secondary N) is 3. The molecule has 0 saturated carbocycles. The van der Waals surface area contributed by atoms with Gasteiger partial charge in [-0.05, 0) is 18.1 Å². The van der Waals surface area contributed by atoms with Crippen molar-refractivity contribution in [1.29, 1.82) is 0 Å². The van der Waals surface area contributed by atoms with Crippen molar-refractivity contribution in [2.75, 3.05) is 48.4 Å². The summed E-state index contributed by atoms with van der Waals surface area (Å²) in [5.74, 6) is -2.61. The zero-order valence-electron chi connectivity index (χ0n) is 20.3. The first kappa shape index (κ1) is 26.5. The van der Waals surface area contributed by atoms with Crippen LogP contribution < -0.4 is 26.6 Å². The normalized spacial score (nSPS) is 14.0. The Bertz CT molecular complexity index is 1290. The van der Waals surface area contributed by atoms with Gasteiger partial charge in [0.1, 0.15) is 5.82 Å². The summed E-state index contributed by atoms with van der Waals surface area (Å²) in [7, 11) is 0. The van der Waals surface area contributed by atoms with Crippen molar-refractivity contribution in [1.82, 2.24) is 15.3 Å². The number of aromatic nitrogens is 2. The number of anilines is 4. The summed E-state index contributed by atoms with van der Waals surface area (Å²) in [6.07, 6.45) is 0.478. The standard InChI is InChI=1S/C25H27F2N7O4/c26-19-12-18(21(28)35)22(31-17-11-20(27)24(29-13-17)34-6-8-38-9-7-34)33-23(19)32-16(14-30-25(36)37)10-15-4-2-1-3-5-15/h1-5,11-13,16,30H,6-10,14H2,(H2,28,35)(H,36,37)(H2,31,32,33). The maximum Gasteiger partial charge on any atom is 0.404 e. The molecular weight excluding hydrogens is 500 g/mol. The van der Waals surface area contributed by atoms with E-state index >= 15 is 0 Å². The van der Waals surface area contributed by atoms with Crippen LogP contribution in [-0.2, 0) is 11.2 Å². The van der Waals surface area contributed by atoms with E-state index in [1.165, 1.54) is 12.3 Å². The molecule has 2 aromatic heterocycles. The molecule has 1 unspecified atom stereocenters. The van der Waals surface area contributed by atoms with Gasteiger partial charge in [0.15, 0.2) is 23.3 Å². The van der Waals surface area contributed by atoms with Gasteiger partial charge in [0, 0.05) is 31.7 Å². The van der Waals surface area contributed by atoms with Crippen LogP contribution in [0.25, 0.3) is 0 Å². The molecule has 0 bridgehead atoms. The molecule has 13 heteroatoms. The molecule has 6 N–H and O–H groups in total. The first-order valence-corrected chi connectivity index (χ1v) is 11.8. The number of primary amides is 1. The molecule has 200 valence electrons. The first-order valence-electron chi connectivity index (χ1n) is 11.8. The molecule has 1 aliphatic heterocycles. The van der Waals surface area contributed by atoms with Gasteiger partial charge in [0.25, 0.3) is 5.91 Å². The first-order chi connectivity index (χ1) is 18.3. The Balaban J connectivity index is 1.59. The lowest BCUT2D eigenvalue weighted by Gasteiger charge is -2.28. The number of carboxylic acid groups (broad SMARTS) is 1. The average Bonchev–Trinajstić information content (AvgIpc) is 2.90. The monoisotopic (exact) mass is 527 g/mol. The maximum atomic E-state index is 15.0. The van der Waals surface area contributed by atoms with Crippen LogP contribution in [0.3, 0.4) is 0 Å². The SMILES string of the molecule is NC(=O)c1cc(F)c(NC(CNC(=O)O)Cc2ccccc2)nc1Nc1cnc(N2CCOCC2)c(F)c1. The van der Waals surface area contributed by atoms with Gasteiger partial charge in [-0.25, -0.2) is 23.5 Å². The van der Waals surface area contributed by atoms with E-state index in [2.05, 4.69) is 25.9 Å². The lowest BCUT2D eigenvalue weighted by molar-refractivity contribution is 0.1000. The molecular formula is C25H27F2N7O4. The highest BCUT2D eigenvalue weighted by Crippen LogP contribution is 2.27. The topological polar surface area (TPSA) is 155 Å². The zero-order valence-corrected chi connectivity index (χ0v) is 20.3. The fraction of sp³-hybridized carbons (Fsp3) is 0.280. The molecule has 1 aliphatic rings. The minimum absolute atomic E-state index is 0.0518. The summed E-state index contributed by atoms with van der Waals surface area (Å²) >= 11 is 0. The summed E-state index contributed by atoms with van der Waals surface area (Å²) in [6.45, 7) is 1.87. The Kier molecular flexibility index (Phi) is 8.48. The number of hydrogen-bond donors (Lipinski definition) is 5. The van der Waals surface area contributed by atoms with Crippen molar-refractivity contribution in [2.24, 2.45) is 5.73 Å². The summed E-state index contributed by atoms with van der Waals surface area (Å²) in [5, 5.41) is 17.0. The quantitative estimate of drug-likeness (QED) is 0.268. The number of carbonyl (C=O) groups is 2. The second-order valence-corrected chi connectivity index (χ2v) is 8.55. The van der Waals surface area contributed by atoms with Gasteiger partial charge in [-0.1, -0.05) is 30.3 Å². The molecule has 2 amide bonds. The summed E-state index contributed by atoms with van der Waals surface area (Å²) < 4.78 is 35.1. The summed E-state index contributed by atoms with van der Waals surface area (Å²) in [6, 6.07) is 10.7. The van der Waals surface area contributed by atoms with Crippen LogP contribution in [0.4, 0.5) is 36.7 Å². The van der Waals surface area contributed by atoms with Gasteiger partial charge < -0.3 is 36.4 Å². The number of benzene rings is 1. The molecule has 1 aromatic carbocycles. The third-order valence-electron chi connectivity index (χ3n) is 5.80. The summed E-state index contributed by atoms with van der Waals surface area (Å²) in [5.41, 5.74) is 6.23. The van der Waals surface area contributed by atoms with E-state index in [1.807, 2.05) is 30.3 Å². The molecule has 38 heavy (non-hydrogen) atoms. The molecule has 11 nitrogen and oxygen atoms in total. The van der Waals surface area contributed by atoms with Gasteiger partial charge in [-0.15, -0.1) is 0 Å². The number of halogens is 2. The zero-order chi connectivity index (χ0) is 27.1. The van der Waals surface area contributed by atoms with E-state index in [0.29, 0.717) is 32.7 Å². The number of nitrogens with two attached hydrogens (primary N) is 1. The Hall–Kier alpha value is -4.52. The number of carbonyl (C=O) groups excluding carboxylic acids is 1. The molecule has 0 aliphatic carbocycles. The van der Waals surface area contributed by atoms with E-state index in [9.17, 15) is 18.4 Å². The second kappa shape index (κ2) is 12.1. The van der Waals surface area contributed by atoms with Crippen molar-refractivity contribution in [3.8, 4) is 0 Å². The molecule has 3 aromatic rings. The van der Waals surface area contributed by atoms with Crippen molar-refractivity contribution < 1.29 is 28.2 Å². The molecule has 1 atom stereocenters. The molecule has 0 spiro atoms. The molecule has 3 heterocycles. The van der Waals surface area contributed by atoms with Gasteiger partial charge >= 0.3 is 6.09 Å². The largest absolute Gasteiger partial charge is 0.465 e. The number of morpholine rings is 1. The molecule has 1 fully saturated rings. The second-order valence-electron chi connectivity index (χ2n) is 8.55. The van der Waals surface area contributed by atoms with Crippen LogP contribution in [0.1, 0.15) is 15.9 Å². The van der Waals surface area contributed by atoms with E-state index in [4.69, 9.17) is 15.6 Å². The van der Waals surface area contributed by atoms with Gasteiger partial charge in [0.05, 0.1) is 30.7 Å². The van der Waals surface area contributed by atoms with Crippen molar-refractivity contribution in [3.63, 3.8) is 0 Å². The Labute approximate surface area is 217 Å².